The van der Waals surface area contributed by atoms with Crippen LogP contribution in [0.1, 0.15) is 44.9 Å². The molecule has 0 saturated heterocycles. The zero-order valence-electron chi connectivity index (χ0n) is 10.6. The largest absolute Gasteiger partial charge is 0.353 e. The van der Waals surface area contributed by atoms with Crippen LogP contribution in [0, 0.1) is 0 Å². The van der Waals surface area contributed by atoms with Gasteiger partial charge in [-0.25, -0.2) is 0 Å². The van der Waals surface area contributed by atoms with Crippen molar-refractivity contribution in [2.45, 2.75) is 57.0 Å². The molecule has 3 N–H and O–H groups in total. The molecule has 0 atom stereocenters. The summed E-state index contributed by atoms with van der Waals surface area (Å²) in [4.78, 5) is 11.6. The third kappa shape index (κ3) is 7.90. The first kappa shape index (κ1) is 17.1. The Balaban J connectivity index is 0.00000256. The highest BCUT2D eigenvalue weighted by atomic mass is 35.5. The van der Waals surface area contributed by atoms with Crippen LogP contribution >= 0.6 is 24.2 Å². The van der Waals surface area contributed by atoms with Crippen molar-refractivity contribution in [2.24, 2.45) is 5.73 Å². The molecule has 1 amide bonds. The predicted octanol–water partition coefficient (Wildman–Crippen LogP) is 2.33. The Hall–Kier alpha value is 0.0700. The van der Waals surface area contributed by atoms with Crippen LogP contribution in [-0.4, -0.2) is 30.0 Å². The van der Waals surface area contributed by atoms with Crippen LogP contribution in [0.25, 0.3) is 0 Å². The highest BCUT2D eigenvalue weighted by Gasteiger charge is 2.19. The van der Waals surface area contributed by atoms with E-state index in [2.05, 4.69) is 11.6 Å². The van der Waals surface area contributed by atoms with Crippen molar-refractivity contribution in [2.75, 3.05) is 12.0 Å². The zero-order valence-corrected chi connectivity index (χ0v) is 12.2. The van der Waals surface area contributed by atoms with E-state index in [0.29, 0.717) is 18.5 Å². The number of halogens is 1. The van der Waals surface area contributed by atoms with E-state index in [-0.39, 0.29) is 18.3 Å². The van der Waals surface area contributed by atoms with Gasteiger partial charge >= 0.3 is 0 Å². The lowest BCUT2D eigenvalue weighted by atomic mass is 9.92. The number of nitrogens with one attached hydrogen (secondary N) is 1. The fourth-order valence-electron chi connectivity index (χ4n) is 2.10. The standard InChI is InChI=1S/C12H24N2OS.ClH/c1-16-9-3-2-4-12(15)14-11-7-5-10(13)6-8-11;/h10-11H,2-9,13H2,1H3,(H,14,15);1H. The van der Waals surface area contributed by atoms with Crippen LogP contribution < -0.4 is 11.1 Å². The first-order valence-corrected chi connectivity index (χ1v) is 7.65. The van der Waals surface area contributed by atoms with E-state index in [0.717, 1.165) is 44.3 Å². The van der Waals surface area contributed by atoms with Gasteiger partial charge in [-0.2, -0.15) is 11.8 Å². The molecule has 0 heterocycles. The molecule has 0 unspecified atom stereocenters. The highest BCUT2D eigenvalue weighted by molar-refractivity contribution is 7.98. The molecule has 1 rings (SSSR count). The van der Waals surface area contributed by atoms with E-state index in [1.165, 1.54) is 0 Å². The van der Waals surface area contributed by atoms with Crippen LogP contribution in [0.5, 0.6) is 0 Å². The predicted molar refractivity (Wildman–Crippen MR) is 77.9 cm³/mol. The fourth-order valence-corrected chi connectivity index (χ4v) is 2.59. The highest BCUT2D eigenvalue weighted by Crippen LogP contribution is 2.17. The van der Waals surface area contributed by atoms with E-state index in [9.17, 15) is 4.79 Å². The second-order valence-electron chi connectivity index (χ2n) is 4.63. The van der Waals surface area contributed by atoms with Gasteiger partial charge in [-0.1, -0.05) is 0 Å². The second kappa shape index (κ2) is 10.0. The Labute approximate surface area is 115 Å². The molecule has 0 aromatic rings. The van der Waals surface area contributed by atoms with Crippen LogP contribution in [0.3, 0.4) is 0 Å². The molecule has 1 aliphatic rings. The molecular weight excluding hydrogens is 256 g/mol. The zero-order chi connectivity index (χ0) is 11.8. The van der Waals surface area contributed by atoms with Gasteiger partial charge in [-0.05, 0) is 50.5 Å². The van der Waals surface area contributed by atoms with Gasteiger partial charge in [-0.3, -0.25) is 4.79 Å². The van der Waals surface area contributed by atoms with Crippen molar-refractivity contribution in [3.8, 4) is 0 Å². The number of carbonyl (C=O) groups is 1. The van der Waals surface area contributed by atoms with Crippen molar-refractivity contribution in [3.63, 3.8) is 0 Å². The van der Waals surface area contributed by atoms with Gasteiger partial charge in [0.1, 0.15) is 0 Å². The Morgan fingerprint density at radius 3 is 2.53 bits per heavy atom. The molecule has 0 aliphatic heterocycles. The first-order chi connectivity index (χ1) is 7.72. The fraction of sp³-hybridized carbons (Fsp3) is 0.917. The number of hydrogen-bond donors (Lipinski definition) is 2. The maximum absolute atomic E-state index is 11.6. The molecule has 0 aromatic carbocycles. The van der Waals surface area contributed by atoms with Crippen molar-refractivity contribution in [3.05, 3.63) is 0 Å². The van der Waals surface area contributed by atoms with Gasteiger partial charge in [0.25, 0.3) is 0 Å². The van der Waals surface area contributed by atoms with Crippen molar-refractivity contribution in [1.82, 2.24) is 5.32 Å². The van der Waals surface area contributed by atoms with Crippen LogP contribution in [0.2, 0.25) is 0 Å². The van der Waals surface area contributed by atoms with Gasteiger partial charge < -0.3 is 11.1 Å². The molecule has 1 fully saturated rings. The van der Waals surface area contributed by atoms with Gasteiger partial charge in [0.2, 0.25) is 5.91 Å². The van der Waals surface area contributed by atoms with E-state index in [1.807, 2.05) is 11.8 Å². The summed E-state index contributed by atoms with van der Waals surface area (Å²) in [6.07, 6.45) is 9.15. The lowest BCUT2D eigenvalue weighted by Gasteiger charge is -2.26. The third-order valence-electron chi connectivity index (χ3n) is 3.14. The molecule has 5 heteroatoms. The van der Waals surface area contributed by atoms with Crippen molar-refractivity contribution < 1.29 is 4.79 Å². The van der Waals surface area contributed by atoms with Crippen LogP contribution in [0.4, 0.5) is 0 Å². The number of hydrogen-bond acceptors (Lipinski definition) is 3. The van der Waals surface area contributed by atoms with Gasteiger partial charge in [-0.15, -0.1) is 12.4 Å². The number of thioether (sulfide) groups is 1. The van der Waals surface area contributed by atoms with E-state index >= 15 is 0 Å². The molecular formula is C12H25ClN2OS. The molecule has 1 saturated carbocycles. The Morgan fingerprint density at radius 2 is 1.94 bits per heavy atom. The minimum absolute atomic E-state index is 0. The smallest absolute Gasteiger partial charge is 0.220 e. The number of amides is 1. The quantitative estimate of drug-likeness (QED) is 0.734. The minimum Gasteiger partial charge on any atom is -0.353 e. The topological polar surface area (TPSA) is 55.1 Å². The Bertz CT molecular complexity index is 209. The molecule has 102 valence electrons. The molecule has 0 bridgehead atoms. The van der Waals surface area contributed by atoms with Crippen molar-refractivity contribution >= 4 is 30.1 Å². The molecule has 0 aromatic heterocycles. The molecule has 17 heavy (non-hydrogen) atoms. The number of rotatable bonds is 6. The lowest BCUT2D eigenvalue weighted by Crippen LogP contribution is -2.40. The molecule has 1 aliphatic carbocycles. The Kier molecular flexibility index (Phi) is 10.1. The third-order valence-corrected chi connectivity index (χ3v) is 3.84. The lowest BCUT2D eigenvalue weighted by molar-refractivity contribution is -0.122. The SMILES string of the molecule is CSCCCCC(=O)NC1CCC(N)CC1.Cl. The van der Waals surface area contributed by atoms with Crippen LogP contribution in [-0.2, 0) is 4.79 Å². The van der Waals surface area contributed by atoms with Gasteiger partial charge in [0.15, 0.2) is 0 Å². The summed E-state index contributed by atoms with van der Waals surface area (Å²) in [7, 11) is 0. The van der Waals surface area contributed by atoms with Crippen molar-refractivity contribution in [1.29, 1.82) is 0 Å². The minimum atomic E-state index is 0. The molecule has 0 radical (unpaired) electrons. The van der Waals surface area contributed by atoms with Crippen LogP contribution in [0.15, 0.2) is 0 Å². The summed E-state index contributed by atoms with van der Waals surface area (Å²) >= 11 is 1.84. The summed E-state index contributed by atoms with van der Waals surface area (Å²) in [5.41, 5.74) is 5.83. The summed E-state index contributed by atoms with van der Waals surface area (Å²) in [5.74, 6) is 1.38. The summed E-state index contributed by atoms with van der Waals surface area (Å²) < 4.78 is 0. The van der Waals surface area contributed by atoms with Gasteiger partial charge in [0, 0.05) is 18.5 Å². The van der Waals surface area contributed by atoms with E-state index < -0.39 is 0 Å². The monoisotopic (exact) mass is 280 g/mol. The molecule has 0 spiro atoms. The number of nitrogens with two attached hydrogens (primary N) is 1. The van der Waals surface area contributed by atoms with E-state index in [1.54, 1.807) is 0 Å². The number of unbranched alkanes of at least 4 members (excludes halogenated alkanes) is 1. The summed E-state index contributed by atoms with van der Waals surface area (Å²) in [5, 5.41) is 3.12. The Morgan fingerprint density at radius 1 is 1.29 bits per heavy atom. The summed E-state index contributed by atoms with van der Waals surface area (Å²) in [6.45, 7) is 0. The second-order valence-corrected chi connectivity index (χ2v) is 5.61. The average Bonchev–Trinajstić information content (AvgIpc) is 2.28. The van der Waals surface area contributed by atoms with Gasteiger partial charge in [0.05, 0.1) is 0 Å². The molecule has 3 nitrogen and oxygen atoms in total. The number of carbonyl (C=O) groups excluding carboxylic acids is 1. The normalized spacial score (nSPS) is 23.9. The van der Waals surface area contributed by atoms with E-state index in [4.69, 9.17) is 5.73 Å². The average molecular weight is 281 g/mol. The summed E-state index contributed by atoms with van der Waals surface area (Å²) in [6, 6.07) is 0.739. The first-order valence-electron chi connectivity index (χ1n) is 6.26. The maximum atomic E-state index is 11.6. The maximum Gasteiger partial charge on any atom is 0.220 e.